The topological polar surface area (TPSA) is 75.3 Å². The van der Waals surface area contributed by atoms with Crippen molar-refractivity contribution < 1.29 is 9.90 Å². The van der Waals surface area contributed by atoms with Gasteiger partial charge in [-0.25, -0.2) is 4.79 Å². The standard InChI is InChI=1S/C14H21ClN2O2S/c1-20-7-5-3-2-4-6-17-13-11(14(18)19)8-10(16)9-12(13)15/h8-9,17H,2-7,16H2,1H3,(H,18,19). The van der Waals surface area contributed by atoms with Crippen LogP contribution < -0.4 is 11.1 Å². The SMILES string of the molecule is CSCCCCCCNc1c(Cl)cc(N)cc1C(=O)O. The van der Waals surface area contributed by atoms with E-state index >= 15 is 0 Å². The molecule has 4 nitrogen and oxygen atoms in total. The number of nitrogens with two attached hydrogens (primary N) is 1. The maximum absolute atomic E-state index is 11.2. The monoisotopic (exact) mass is 316 g/mol. The quantitative estimate of drug-likeness (QED) is 0.475. The second kappa shape index (κ2) is 8.97. The first-order chi connectivity index (χ1) is 9.56. The number of carboxylic acids is 1. The van der Waals surface area contributed by atoms with E-state index in [1.54, 1.807) is 6.07 Å². The second-order valence-electron chi connectivity index (χ2n) is 4.56. The van der Waals surface area contributed by atoms with Gasteiger partial charge in [0.15, 0.2) is 0 Å². The molecule has 4 N–H and O–H groups in total. The summed E-state index contributed by atoms with van der Waals surface area (Å²) in [6, 6.07) is 2.99. The highest BCUT2D eigenvalue weighted by molar-refractivity contribution is 7.98. The Morgan fingerprint density at radius 2 is 2.05 bits per heavy atom. The summed E-state index contributed by atoms with van der Waals surface area (Å²) >= 11 is 7.91. The van der Waals surface area contributed by atoms with Crippen molar-refractivity contribution in [1.29, 1.82) is 0 Å². The zero-order chi connectivity index (χ0) is 15.0. The number of aromatic carboxylic acids is 1. The summed E-state index contributed by atoms with van der Waals surface area (Å²) in [5.41, 5.74) is 6.55. The minimum absolute atomic E-state index is 0.123. The number of rotatable bonds is 9. The zero-order valence-electron chi connectivity index (χ0n) is 11.6. The van der Waals surface area contributed by atoms with E-state index in [0.717, 1.165) is 12.8 Å². The van der Waals surface area contributed by atoms with E-state index in [1.807, 2.05) is 11.8 Å². The van der Waals surface area contributed by atoms with E-state index in [-0.39, 0.29) is 5.56 Å². The van der Waals surface area contributed by atoms with Gasteiger partial charge in [-0.3, -0.25) is 0 Å². The molecule has 1 rings (SSSR count). The molecule has 0 heterocycles. The van der Waals surface area contributed by atoms with Crippen LogP contribution in [0.1, 0.15) is 36.0 Å². The van der Waals surface area contributed by atoms with Gasteiger partial charge < -0.3 is 16.2 Å². The summed E-state index contributed by atoms with van der Waals surface area (Å²) in [7, 11) is 0. The molecule has 0 bridgehead atoms. The van der Waals surface area contributed by atoms with Crippen LogP contribution in [0.15, 0.2) is 12.1 Å². The van der Waals surface area contributed by atoms with Crippen molar-refractivity contribution >= 4 is 40.7 Å². The maximum atomic E-state index is 11.2. The van der Waals surface area contributed by atoms with Crippen molar-refractivity contribution in [1.82, 2.24) is 0 Å². The number of halogens is 1. The molecule has 0 amide bonds. The average Bonchev–Trinajstić information content (AvgIpc) is 2.39. The van der Waals surface area contributed by atoms with Gasteiger partial charge in [0.25, 0.3) is 0 Å². The highest BCUT2D eigenvalue weighted by Crippen LogP contribution is 2.29. The Morgan fingerprint density at radius 1 is 1.35 bits per heavy atom. The number of hydrogen-bond donors (Lipinski definition) is 3. The summed E-state index contributed by atoms with van der Waals surface area (Å²) in [4.78, 5) is 11.2. The smallest absolute Gasteiger partial charge is 0.337 e. The van der Waals surface area contributed by atoms with E-state index in [9.17, 15) is 4.79 Å². The molecule has 0 aromatic heterocycles. The normalized spacial score (nSPS) is 10.5. The van der Waals surface area contributed by atoms with E-state index < -0.39 is 5.97 Å². The number of carbonyl (C=O) groups is 1. The average molecular weight is 317 g/mol. The number of unbranched alkanes of at least 4 members (excludes halogenated alkanes) is 3. The third kappa shape index (κ3) is 5.51. The Morgan fingerprint density at radius 3 is 2.70 bits per heavy atom. The van der Waals surface area contributed by atoms with Gasteiger partial charge in [0.05, 0.1) is 16.3 Å². The Balaban J connectivity index is 2.49. The molecule has 112 valence electrons. The van der Waals surface area contributed by atoms with Gasteiger partial charge in [-0.1, -0.05) is 24.4 Å². The van der Waals surface area contributed by atoms with Crippen molar-refractivity contribution in [2.45, 2.75) is 25.7 Å². The lowest BCUT2D eigenvalue weighted by Gasteiger charge is -2.12. The number of anilines is 2. The van der Waals surface area contributed by atoms with E-state index in [0.29, 0.717) is 22.9 Å². The van der Waals surface area contributed by atoms with Crippen LogP contribution in [-0.4, -0.2) is 29.6 Å². The largest absolute Gasteiger partial charge is 0.478 e. The summed E-state index contributed by atoms with van der Waals surface area (Å²) in [5.74, 6) is 0.169. The predicted octanol–water partition coefficient (Wildman–Crippen LogP) is 3.96. The highest BCUT2D eigenvalue weighted by atomic mass is 35.5. The van der Waals surface area contributed by atoms with Crippen LogP contribution in [-0.2, 0) is 0 Å². The second-order valence-corrected chi connectivity index (χ2v) is 5.96. The summed E-state index contributed by atoms with van der Waals surface area (Å²) < 4.78 is 0. The molecule has 0 aliphatic carbocycles. The summed E-state index contributed by atoms with van der Waals surface area (Å²) in [6.07, 6.45) is 6.66. The molecule has 6 heteroatoms. The molecular weight excluding hydrogens is 296 g/mol. The molecule has 0 saturated carbocycles. The maximum Gasteiger partial charge on any atom is 0.337 e. The molecule has 0 aliphatic rings. The van der Waals surface area contributed by atoms with Gasteiger partial charge in [0.1, 0.15) is 0 Å². The third-order valence-corrected chi connectivity index (χ3v) is 3.91. The summed E-state index contributed by atoms with van der Waals surface area (Å²) in [5, 5.41) is 12.6. The fourth-order valence-corrected chi connectivity index (χ4v) is 2.70. The fourth-order valence-electron chi connectivity index (χ4n) is 1.91. The van der Waals surface area contributed by atoms with Crippen molar-refractivity contribution in [3.05, 3.63) is 22.7 Å². The minimum Gasteiger partial charge on any atom is -0.478 e. The van der Waals surface area contributed by atoms with Crippen LogP contribution in [0.5, 0.6) is 0 Å². The lowest BCUT2D eigenvalue weighted by molar-refractivity contribution is 0.0698. The van der Waals surface area contributed by atoms with Crippen molar-refractivity contribution in [3.63, 3.8) is 0 Å². The van der Waals surface area contributed by atoms with Crippen LogP contribution in [0.4, 0.5) is 11.4 Å². The number of thioether (sulfide) groups is 1. The Hall–Kier alpha value is -1.07. The molecule has 1 aromatic carbocycles. The molecule has 0 radical (unpaired) electrons. The van der Waals surface area contributed by atoms with Gasteiger partial charge in [0, 0.05) is 12.2 Å². The lowest BCUT2D eigenvalue weighted by atomic mass is 10.1. The minimum atomic E-state index is -1.03. The zero-order valence-corrected chi connectivity index (χ0v) is 13.2. The van der Waals surface area contributed by atoms with Gasteiger partial charge in [0.2, 0.25) is 0 Å². The first-order valence-electron chi connectivity index (χ1n) is 6.61. The van der Waals surface area contributed by atoms with Crippen LogP contribution in [0.25, 0.3) is 0 Å². The Kier molecular flexibility index (Phi) is 7.62. The Bertz CT molecular complexity index is 455. The van der Waals surface area contributed by atoms with E-state index in [2.05, 4.69) is 11.6 Å². The number of hydrogen-bond acceptors (Lipinski definition) is 4. The molecule has 1 aromatic rings. The number of carboxylic acid groups (broad SMARTS) is 1. The van der Waals surface area contributed by atoms with E-state index in [4.69, 9.17) is 22.4 Å². The van der Waals surface area contributed by atoms with Crippen LogP contribution in [0.3, 0.4) is 0 Å². The third-order valence-electron chi connectivity index (χ3n) is 2.92. The molecule has 0 saturated heterocycles. The number of nitrogen functional groups attached to an aromatic ring is 1. The van der Waals surface area contributed by atoms with Gasteiger partial charge in [-0.2, -0.15) is 11.8 Å². The molecule has 0 aliphatic heterocycles. The molecule has 0 fully saturated rings. The molecular formula is C14H21ClN2O2S. The van der Waals surface area contributed by atoms with Crippen LogP contribution in [0, 0.1) is 0 Å². The lowest BCUT2D eigenvalue weighted by Crippen LogP contribution is -2.09. The summed E-state index contributed by atoms with van der Waals surface area (Å²) in [6.45, 7) is 0.711. The first-order valence-corrected chi connectivity index (χ1v) is 8.38. The van der Waals surface area contributed by atoms with Crippen LogP contribution >= 0.6 is 23.4 Å². The van der Waals surface area contributed by atoms with Gasteiger partial charge in [-0.15, -0.1) is 0 Å². The van der Waals surface area contributed by atoms with Crippen LogP contribution in [0.2, 0.25) is 5.02 Å². The Labute approximate surface area is 129 Å². The molecule has 0 unspecified atom stereocenters. The van der Waals surface area contributed by atoms with Crippen molar-refractivity contribution in [2.75, 3.05) is 29.6 Å². The molecule has 0 atom stereocenters. The van der Waals surface area contributed by atoms with Crippen molar-refractivity contribution in [3.8, 4) is 0 Å². The predicted molar refractivity (Wildman–Crippen MR) is 88.2 cm³/mol. The van der Waals surface area contributed by atoms with E-state index in [1.165, 1.54) is 24.7 Å². The van der Waals surface area contributed by atoms with Crippen molar-refractivity contribution in [2.24, 2.45) is 0 Å². The first kappa shape index (κ1) is 17.0. The highest BCUT2D eigenvalue weighted by Gasteiger charge is 2.14. The van der Waals surface area contributed by atoms with Gasteiger partial charge in [-0.05, 0) is 37.0 Å². The molecule has 0 spiro atoms. The number of nitrogens with one attached hydrogen (secondary N) is 1. The fraction of sp³-hybridized carbons (Fsp3) is 0.500. The van der Waals surface area contributed by atoms with Gasteiger partial charge >= 0.3 is 5.97 Å². The number of benzene rings is 1. The molecule has 20 heavy (non-hydrogen) atoms.